The smallest absolute Gasteiger partial charge is 0.417 e. The molecule has 33 heavy (non-hydrogen) atoms. The van der Waals surface area contributed by atoms with Crippen molar-refractivity contribution in [3.05, 3.63) is 53.0 Å². The molecule has 2 aromatic rings. The topological polar surface area (TPSA) is 80.4 Å². The SMILES string of the molecule is CN=C(/C=C(/c1nc2c(o1)CCCC2NC(=O)c1cncc(C(F)(F)F)c1)C(C)C)C1CC1. The highest BCUT2D eigenvalue weighted by Crippen LogP contribution is 2.36. The van der Waals surface area contributed by atoms with Crippen molar-refractivity contribution in [2.45, 2.75) is 58.2 Å². The third-order valence-electron chi connectivity index (χ3n) is 6.01. The average Bonchev–Trinajstić information content (AvgIpc) is 3.52. The number of rotatable bonds is 6. The summed E-state index contributed by atoms with van der Waals surface area (Å²) in [4.78, 5) is 25.4. The third kappa shape index (κ3) is 5.17. The number of aliphatic imine (C=N–C) groups is 1. The van der Waals surface area contributed by atoms with Gasteiger partial charge < -0.3 is 9.73 Å². The summed E-state index contributed by atoms with van der Waals surface area (Å²) in [5.41, 5.74) is 1.52. The number of alkyl halides is 3. The number of aryl methyl sites for hydroxylation is 1. The standard InChI is InChI=1S/C24H27F3N4O2/c1-13(2)17(10-19(28-3)14-7-8-14)23-31-21-18(5-4-6-20(21)33-23)30-22(32)15-9-16(12-29-11-15)24(25,26)27/h9-14,18H,4-8H2,1-3H3,(H,30,32)/b17-10+,28-19?. The van der Waals surface area contributed by atoms with Crippen LogP contribution in [0.5, 0.6) is 0 Å². The van der Waals surface area contributed by atoms with Crippen LogP contribution in [0, 0.1) is 11.8 Å². The van der Waals surface area contributed by atoms with E-state index in [4.69, 9.17) is 9.40 Å². The number of carbonyl (C=O) groups is 1. The molecule has 176 valence electrons. The maximum atomic E-state index is 13.0. The molecule has 1 amide bonds. The van der Waals surface area contributed by atoms with E-state index in [9.17, 15) is 18.0 Å². The van der Waals surface area contributed by atoms with E-state index >= 15 is 0 Å². The molecule has 9 heteroatoms. The first-order valence-corrected chi connectivity index (χ1v) is 11.2. The molecule has 4 rings (SSSR count). The van der Waals surface area contributed by atoms with Crippen LogP contribution in [0.15, 0.2) is 33.9 Å². The van der Waals surface area contributed by atoms with Gasteiger partial charge in [0.1, 0.15) is 11.5 Å². The van der Waals surface area contributed by atoms with Crippen LogP contribution >= 0.6 is 0 Å². The van der Waals surface area contributed by atoms with Crippen molar-refractivity contribution in [2.75, 3.05) is 7.05 Å². The van der Waals surface area contributed by atoms with E-state index in [-0.39, 0.29) is 11.5 Å². The van der Waals surface area contributed by atoms with E-state index in [0.717, 1.165) is 42.8 Å². The number of oxazole rings is 1. The number of nitrogens with one attached hydrogen (secondary N) is 1. The van der Waals surface area contributed by atoms with E-state index in [1.165, 1.54) is 0 Å². The van der Waals surface area contributed by atoms with Gasteiger partial charge in [0.2, 0.25) is 5.89 Å². The summed E-state index contributed by atoms with van der Waals surface area (Å²) >= 11 is 0. The van der Waals surface area contributed by atoms with Gasteiger partial charge in [-0.1, -0.05) is 13.8 Å². The number of halogens is 3. The molecule has 1 unspecified atom stereocenters. The minimum absolute atomic E-state index is 0.142. The van der Waals surface area contributed by atoms with Crippen LogP contribution < -0.4 is 5.32 Å². The molecular weight excluding hydrogens is 433 g/mol. The average molecular weight is 461 g/mol. The number of fused-ring (bicyclic) bond motifs is 1. The van der Waals surface area contributed by atoms with Gasteiger partial charge in [-0.15, -0.1) is 0 Å². The van der Waals surface area contributed by atoms with Crippen LogP contribution in [0.3, 0.4) is 0 Å². The fourth-order valence-corrected chi connectivity index (χ4v) is 4.02. The highest BCUT2D eigenvalue weighted by Gasteiger charge is 2.33. The first kappa shape index (κ1) is 23.2. The lowest BCUT2D eigenvalue weighted by Gasteiger charge is -2.21. The molecule has 0 aromatic carbocycles. The molecule has 6 nitrogen and oxygen atoms in total. The highest BCUT2D eigenvalue weighted by molar-refractivity contribution is 6.03. The van der Waals surface area contributed by atoms with Gasteiger partial charge in [-0.2, -0.15) is 13.2 Å². The number of nitrogens with zero attached hydrogens (tertiary/aromatic N) is 3. The van der Waals surface area contributed by atoms with Crippen molar-refractivity contribution in [3.8, 4) is 0 Å². The van der Waals surface area contributed by atoms with Gasteiger partial charge in [-0.3, -0.25) is 14.8 Å². The maximum absolute atomic E-state index is 13.0. The van der Waals surface area contributed by atoms with Gasteiger partial charge in [-0.05, 0) is 43.7 Å². The fraction of sp³-hybridized carbons (Fsp3) is 0.500. The van der Waals surface area contributed by atoms with Gasteiger partial charge in [0, 0.05) is 43.1 Å². The van der Waals surface area contributed by atoms with Crippen molar-refractivity contribution in [2.24, 2.45) is 16.8 Å². The molecular formula is C24H27F3N4O2. The second-order valence-electron chi connectivity index (χ2n) is 8.88. The van der Waals surface area contributed by atoms with Crippen molar-refractivity contribution in [3.63, 3.8) is 0 Å². The number of hydrogen-bond donors (Lipinski definition) is 1. The predicted molar refractivity (Wildman–Crippen MR) is 118 cm³/mol. The van der Waals surface area contributed by atoms with Crippen LogP contribution in [0.2, 0.25) is 0 Å². The lowest BCUT2D eigenvalue weighted by molar-refractivity contribution is -0.137. The maximum Gasteiger partial charge on any atom is 0.417 e. The van der Waals surface area contributed by atoms with Gasteiger partial charge in [-0.25, -0.2) is 4.98 Å². The fourth-order valence-electron chi connectivity index (χ4n) is 4.02. The van der Waals surface area contributed by atoms with E-state index in [1.807, 2.05) is 0 Å². The highest BCUT2D eigenvalue weighted by atomic mass is 19.4. The summed E-state index contributed by atoms with van der Waals surface area (Å²) in [6.45, 7) is 4.13. The second-order valence-corrected chi connectivity index (χ2v) is 8.88. The lowest BCUT2D eigenvalue weighted by atomic mass is 9.96. The Bertz CT molecular complexity index is 1100. The molecule has 2 aliphatic rings. The van der Waals surface area contributed by atoms with E-state index in [0.29, 0.717) is 42.3 Å². The Balaban J connectivity index is 1.59. The van der Waals surface area contributed by atoms with Gasteiger partial charge in [0.05, 0.1) is 17.2 Å². The first-order valence-electron chi connectivity index (χ1n) is 11.2. The van der Waals surface area contributed by atoms with Crippen LogP contribution in [0.1, 0.15) is 78.8 Å². The van der Waals surface area contributed by atoms with Gasteiger partial charge in [0.25, 0.3) is 5.91 Å². The summed E-state index contributed by atoms with van der Waals surface area (Å²) in [6, 6.07) is 0.369. The zero-order valence-electron chi connectivity index (χ0n) is 18.9. The summed E-state index contributed by atoms with van der Waals surface area (Å²) in [7, 11) is 1.79. The van der Waals surface area contributed by atoms with Gasteiger partial charge in [0.15, 0.2) is 0 Å². The van der Waals surface area contributed by atoms with E-state index < -0.39 is 23.7 Å². The Morgan fingerprint density at radius 1 is 1.27 bits per heavy atom. The molecule has 1 fully saturated rings. The van der Waals surface area contributed by atoms with Crippen molar-refractivity contribution >= 4 is 17.2 Å². The van der Waals surface area contributed by atoms with Gasteiger partial charge >= 0.3 is 6.18 Å². The number of hydrogen-bond acceptors (Lipinski definition) is 5. The molecule has 0 aliphatic heterocycles. The normalized spacial score (nSPS) is 19.5. The predicted octanol–water partition coefficient (Wildman–Crippen LogP) is 5.42. The minimum Gasteiger partial charge on any atom is -0.441 e. The van der Waals surface area contributed by atoms with Crippen molar-refractivity contribution in [1.29, 1.82) is 0 Å². The lowest BCUT2D eigenvalue weighted by Crippen LogP contribution is -2.31. The third-order valence-corrected chi connectivity index (χ3v) is 6.01. The molecule has 1 atom stereocenters. The Kier molecular flexibility index (Phi) is 6.41. The molecule has 1 N–H and O–H groups in total. The summed E-state index contributed by atoms with van der Waals surface area (Å²) in [6.07, 6.45) is 3.69. The zero-order valence-corrected chi connectivity index (χ0v) is 18.9. The molecule has 0 spiro atoms. The van der Waals surface area contributed by atoms with E-state index in [1.54, 1.807) is 7.05 Å². The first-order chi connectivity index (χ1) is 15.7. The number of aromatic nitrogens is 2. The Labute approximate surface area is 190 Å². The van der Waals surface area contributed by atoms with Crippen LogP contribution in [0.25, 0.3) is 5.57 Å². The summed E-state index contributed by atoms with van der Waals surface area (Å²) in [5.74, 6) is 1.24. The molecule has 0 saturated heterocycles. The molecule has 1 saturated carbocycles. The number of allylic oxidation sites excluding steroid dienone is 2. The number of pyridine rings is 1. The molecule has 2 aromatic heterocycles. The molecule has 2 heterocycles. The second kappa shape index (κ2) is 9.11. The Morgan fingerprint density at radius 3 is 2.67 bits per heavy atom. The van der Waals surface area contributed by atoms with Crippen molar-refractivity contribution in [1.82, 2.24) is 15.3 Å². The Hall–Kier alpha value is -2.97. The number of amides is 1. The molecule has 0 bridgehead atoms. The largest absolute Gasteiger partial charge is 0.441 e. The molecule has 2 aliphatic carbocycles. The molecule has 0 radical (unpaired) electrons. The quantitative estimate of drug-likeness (QED) is 0.584. The Morgan fingerprint density at radius 2 is 2.03 bits per heavy atom. The minimum atomic E-state index is -4.57. The van der Waals surface area contributed by atoms with Crippen LogP contribution in [0.4, 0.5) is 13.2 Å². The van der Waals surface area contributed by atoms with Crippen LogP contribution in [-0.4, -0.2) is 28.6 Å². The monoisotopic (exact) mass is 460 g/mol. The number of carbonyl (C=O) groups excluding carboxylic acids is 1. The van der Waals surface area contributed by atoms with Crippen LogP contribution in [-0.2, 0) is 12.6 Å². The van der Waals surface area contributed by atoms with E-state index in [2.05, 4.69) is 35.2 Å². The zero-order chi connectivity index (χ0) is 23.8. The summed E-state index contributed by atoms with van der Waals surface area (Å²) < 4.78 is 45.1. The summed E-state index contributed by atoms with van der Waals surface area (Å²) in [5, 5.41) is 2.82. The van der Waals surface area contributed by atoms with Crippen molar-refractivity contribution < 1.29 is 22.4 Å².